The molecule has 1 nitrogen and oxygen atoms in total. The molecular formula is C15H18FNS2. The predicted molar refractivity (Wildman–Crippen MR) is 84.4 cm³/mol. The molecule has 0 aliphatic carbocycles. The van der Waals surface area contributed by atoms with Crippen LogP contribution in [-0.4, -0.2) is 18.1 Å². The third-order valence-corrected chi connectivity index (χ3v) is 4.63. The number of nitrogens with one attached hydrogen (secondary N) is 1. The summed E-state index contributed by atoms with van der Waals surface area (Å²) in [4.78, 5) is 0.983. The highest BCUT2D eigenvalue weighted by Crippen LogP contribution is 2.28. The molecule has 1 atom stereocenters. The van der Waals surface area contributed by atoms with Crippen molar-refractivity contribution < 1.29 is 4.39 Å². The highest BCUT2D eigenvalue weighted by atomic mass is 32.2. The minimum atomic E-state index is -0.150. The van der Waals surface area contributed by atoms with Gasteiger partial charge in [-0.25, -0.2) is 4.39 Å². The van der Waals surface area contributed by atoms with Crippen molar-refractivity contribution in [2.24, 2.45) is 0 Å². The number of halogens is 1. The normalized spacial score (nSPS) is 12.6. The van der Waals surface area contributed by atoms with E-state index < -0.39 is 0 Å². The second-order valence-corrected chi connectivity index (χ2v) is 6.39. The van der Waals surface area contributed by atoms with Crippen molar-refractivity contribution in [3.05, 3.63) is 47.1 Å². The first-order chi connectivity index (χ1) is 9.20. The maximum Gasteiger partial charge on any atom is 0.131 e. The zero-order chi connectivity index (χ0) is 13.7. The van der Waals surface area contributed by atoms with Gasteiger partial charge in [-0.2, -0.15) is 11.8 Å². The maximum absolute atomic E-state index is 13.8. The van der Waals surface area contributed by atoms with Crippen LogP contribution in [0.25, 0.3) is 10.4 Å². The Morgan fingerprint density at radius 1 is 1.37 bits per heavy atom. The van der Waals surface area contributed by atoms with Crippen molar-refractivity contribution in [3.8, 4) is 10.4 Å². The summed E-state index contributed by atoms with van der Waals surface area (Å²) in [5.74, 6) is 0.933. The summed E-state index contributed by atoms with van der Waals surface area (Å²) in [6.07, 6.45) is 2.10. The number of thiophene rings is 1. The second-order valence-electron chi connectivity index (χ2n) is 4.53. The van der Waals surface area contributed by atoms with E-state index in [0.717, 1.165) is 22.7 Å². The van der Waals surface area contributed by atoms with Crippen molar-refractivity contribution in [2.75, 3.05) is 12.0 Å². The average Bonchev–Trinajstić information content (AvgIpc) is 2.92. The molecule has 0 aliphatic rings. The van der Waals surface area contributed by atoms with E-state index in [1.165, 1.54) is 0 Å². The molecule has 2 rings (SSSR count). The van der Waals surface area contributed by atoms with Gasteiger partial charge in [-0.05, 0) is 42.3 Å². The number of rotatable bonds is 6. The van der Waals surface area contributed by atoms with Crippen LogP contribution < -0.4 is 5.32 Å². The average molecular weight is 295 g/mol. The van der Waals surface area contributed by atoms with Crippen LogP contribution >= 0.6 is 23.1 Å². The standard InChI is InChI=1S/C15H18FNS2/c1-11(10-18-2)17-9-12-5-6-14(16)13(8-12)15-4-3-7-19-15/h3-8,11,17H,9-10H2,1-2H3. The Kier molecular flexibility index (Phi) is 5.43. The first-order valence-electron chi connectivity index (χ1n) is 6.25. The predicted octanol–water partition coefficient (Wildman–Crippen LogP) is 4.40. The Morgan fingerprint density at radius 2 is 2.21 bits per heavy atom. The lowest BCUT2D eigenvalue weighted by atomic mass is 10.1. The minimum absolute atomic E-state index is 0.150. The Labute approximate surface area is 122 Å². The van der Waals surface area contributed by atoms with Crippen molar-refractivity contribution in [2.45, 2.75) is 19.5 Å². The van der Waals surface area contributed by atoms with Crippen LogP contribution in [0, 0.1) is 5.82 Å². The van der Waals surface area contributed by atoms with Gasteiger partial charge in [-0.1, -0.05) is 12.1 Å². The molecule has 0 radical (unpaired) electrons. The quantitative estimate of drug-likeness (QED) is 0.848. The number of hydrogen-bond donors (Lipinski definition) is 1. The van der Waals surface area contributed by atoms with Gasteiger partial charge in [0.15, 0.2) is 0 Å². The van der Waals surface area contributed by atoms with E-state index in [4.69, 9.17) is 0 Å². The molecule has 0 spiro atoms. The monoisotopic (exact) mass is 295 g/mol. The van der Waals surface area contributed by atoms with Gasteiger partial charge in [0.2, 0.25) is 0 Å². The van der Waals surface area contributed by atoms with Crippen LogP contribution in [-0.2, 0) is 6.54 Å². The van der Waals surface area contributed by atoms with Crippen molar-refractivity contribution in [1.29, 1.82) is 0 Å². The molecule has 4 heteroatoms. The van der Waals surface area contributed by atoms with Crippen LogP contribution in [0.2, 0.25) is 0 Å². The molecule has 0 bridgehead atoms. The summed E-state index contributed by atoms with van der Waals surface area (Å²) in [7, 11) is 0. The van der Waals surface area contributed by atoms with Gasteiger partial charge in [-0.15, -0.1) is 11.3 Å². The fraction of sp³-hybridized carbons (Fsp3) is 0.333. The Balaban J connectivity index is 2.09. The minimum Gasteiger partial charge on any atom is -0.309 e. The van der Waals surface area contributed by atoms with E-state index in [1.807, 2.05) is 41.4 Å². The molecule has 0 saturated carbocycles. The van der Waals surface area contributed by atoms with Gasteiger partial charge in [0.25, 0.3) is 0 Å². The summed E-state index contributed by atoms with van der Waals surface area (Å²) in [6, 6.07) is 9.73. The summed E-state index contributed by atoms with van der Waals surface area (Å²) in [6.45, 7) is 2.95. The van der Waals surface area contributed by atoms with Crippen LogP contribution in [0.3, 0.4) is 0 Å². The molecule has 102 valence electrons. The molecule has 0 aliphatic heterocycles. The lowest BCUT2D eigenvalue weighted by molar-refractivity contribution is 0.593. The SMILES string of the molecule is CSCC(C)NCc1ccc(F)c(-c2cccs2)c1. The van der Waals surface area contributed by atoms with E-state index in [-0.39, 0.29) is 5.82 Å². The smallest absolute Gasteiger partial charge is 0.131 e. The summed E-state index contributed by atoms with van der Waals surface area (Å²) >= 11 is 3.40. The molecule has 2 aromatic rings. The maximum atomic E-state index is 13.8. The Morgan fingerprint density at radius 3 is 2.89 bits per heavy atom. The highest BCUT2D eigenvalue weighted by molar-refractivity contribution is 7.98. The lowest BCUT2D eigenvalue weighted by Gasteiger charge is -2.13. The van der Waals surface area contributed by atoms with Gasteiger partial charge < -0.3 is 5.32 Å². The molecule has 1 heterocycles. The third-order valence-electron chi connectivity index (χ3n) is 2.89. The van der Waals surface area contributed by atoms with E-state index in [2.05, 4.69) is 18.5 Å². The van der Waals surface area contributed by atoms with E-state index in [1.54, 1.807) is 17.4 Å². The largest absolute Gasteiger partial charge is 0.309 e. The van der Waals surface area contributed by atoms with Crippen LogP contribution in [0.5, 0.6) is 0 Å². The van der Waals surface area contributed by atoms with Crippen LogP contribution in [0.4, 0.5) is 4.39 Å². The fourth-order valence-corrected chi connectivity index (χ4v) is 3.27. The molecule has 1 unspecified atom stereocenters. The van der Waals surface area contributed by atoms with Gasteiger partial charge in [0, 0.05) is 28.8 Å². The molecule has 19 heavy (non-hydrogen) atoms. The second kappa shape index (κ2) is 7.08. The summed E-state index contributed by atoms with van der Waals surface area (Å²) in [5.41, 5.74) is 1.82. The van der Waals surface area contributed by atoms with Crippen molar-refractivity contribution >= 4 is 23.1 Å². The molecule has 1 aromatic carbocycles. The first kappa shape index (κ1) is 14.6. The van der Waals surface area contributed by atoms with E-state index >= 15 is 0 Å². The molecule has 0 amide bonds. The highest BCUT2D eigenvalue weighted by Gasteiger charge is 2.08. The topological polar surface area (TPSA) is 12.0 Å². The molecule has 1 N–H and O–H groups in total. The fourth-order valence-electron chi connectivity index (χ4n) is 1.90. The van der Waals surface area contributed by atoms with Crippen LogP contribution in [0.1, 0.15) is 12.5 Å². The molecule has 1 aromatic heterocycles. The van der Waals surface area contributed by atoms with Crippen molar-refractivity contribution in [3.63, 3.8) is 0 Å². The number of benzene rings is 1. The number of thioether (sulfide) groups is 1. The first-order valence-corrected chi connectivity index (χ1v) is 8.52. The molecule has 0 fully saturated rings. The zero-order valence-corrected chi connectivity index (χ0v) is 12.8. The Hall–Kier alpha value is -0.840. The van der Waals surface area contributed by atoms with Gasteiger partial charge in [0.05, 0.1) is 0 Å². The van der Waals surface area contributed by atoms with Crippen LogP contribution in [0.15, 0.2) is 35.7 Å². The van der Waals surface area contributed by atoms with Gasteiger partial charge >= 0.3 is 0 Å². The Bertz CT molecular complexity index is 511. The summed E-state index contributed by atoms with van der Waals surface area (Å²) in [5, 5.41) is 5.42. The zero-order valence-electron chi connectivity index (χ0n) is 11.2. The lowest BCUT2D eigenvalue weighted by Crippen LogP contribution is -2.27. The number of hydrogen-bond acceptors (Lipinski definition) is 3. The van der Waals surface area contributed by atoms with Crippen molar-refractivity contribution in [1.82, 2.24) is 5.32 Å². The molecular weight excluding hydrogens is 277 g/mol. The molecule has 0 saturated heterocycles. The van der Waals surface area contributed by atoms with E-state index in [9.17, 15) is 4.39 Å². The third kappa shape index (κ3) is 4.06. The van der Waals surface area contributed by atoms with Gasteiger partial charge in [-0.3, -0.25) is 0 Å². The van der Waals surface area contributed by atoms with Gasteiger partial charge in [0.1, 0.15) is 5.82 Å². The van der Waals surface area contributed by atoms with E-state index in [0.29, 0.717) is 11.6 Å². The summed E-state index contributed by atoms with van der Waals surface area (Å²) < 4.78 is 13.8.